The van der Waals surface area contributed by atoms with Crippen LogP contribution in [0.25, 0.3) is 0 Å². The molecule has 0 amide bonds. The van der Waals surface area contributed by atoms with Gasteiger partial charge in [0.15, 0.2) is 12.0 Å². The highest BCUT2D eigenvalue weighted by Crippen LogP contribution is 2.28. The van der Waals surface area contributed by atoms with E-state index in [1.54, 1.807) is 25.1 Å². The summed E-state index contributed by atoms with van der Waals surface area (Å²) in [6.45, 7) is 10.3. The highest BCUT2D eigenvalue weighted by molar-refractivity contribution is 5.73. The van der Waals surface area contributed by atoms with Crippen molar-refractivity contribution in [2.45, 2.75) is 59.2 Å². The maximum absolute atomic E-state index is 11.3. The molecule has 1 aromatic carbocycles. The first-order valence-corrected chi connectivity index (χ1v) is 9.26. The second kappa shape index (κ2) is 9.10. The highest BCUT2D eigenvalue weighted by Gasteiger charge is 2.23. The molecule has 1 atom stereocenters. The molecule has 2 aromatic rings. The van der Waals surface area contributed by atoms with Crippen LogP contribution in [0.5, 0.6) is 11.5 Å². The normalized spacial score (nSPS) is 12.6. The van der Waals surface area contributed by atoms with Crippen LogP contribution in [-0.4, -0.2) is 35.9 Å². The van der Waals surface area contributed by atoms with Crippen molar-refractivity contribution >= 4 is 5.97 Å². The van der Waals surface area contributed by atoms with Crippen molar-refractivity contribution in [2.24, 2.45) is 0 Å². The maximum Gasteiger partial charge on any atom is 0.333 e. The number of methoxy groups -OCH3 is 1. The number of ether oxygens (including phenoxy) is 3. The molecule has 0 radical (unpaired) electrons. The molecule has 2 rings (SSSR count). The minimum Gasteiger partial charge on any atom is -0.496 e. The molecule has 0 saturated carbocycles. The molecule has 1 heterocycles. The van der Waals surface area contributed by atoms with Crippen molar-refractivity contribution in [2.75, 3.05) is 13.7 Å². The van der Waals surface area contributed by atoms with Crippen molar-refractivity contribution in [1.29, 1.82) is 0 Å². The molecule has 1 N–H and O–H groups in total. The van der Waals surface area contributed by atoms with E-state index in [9.17, 15) is 9.90 Å². The van der Waals surface area contributed by atoms with Crippen LogP contribution in [-0.2, 0) is 28.0 Å². The Hall–Kier alpha value is -2.54. The first-order valence-electron chi connectivity index (χ1n) is 9.26. The molecule has 1 unspecified atom stereocenters. The van der Waals surface area contributed by atoms with Gasteiger partial charge >= 0.3 is 5.97 Å². The molecule has 7 nitrogen and oxygen atoms in total. The van der Waals surface area contributed by atoms with Crippen molar-refractivity contribution in [1.82, 2.24) is 4.98 Å². The Balaban J connectivity index is 2.12. The van der Waals surface area contributed by atoms with Gasteiger partial charge < -0.3 is 23.7 Å². The number of hydrogen-bond acceptors (Lipinski definition) is 6. The molecule has 0 aliphatic rings. The van der Waals surface area contributed by atoms with Gasteiger partial charge in [-0.25, -0.2) is 9.78 Å². The van der Waals surface area contributed by atoms with Gasteiger partial charge in [0.25, 0.3) is 0 Å². The van der Waals surface area contributed by atoms with E-state index >= 15 is 0 Å². The van der Waals surface area contributed by atoms with Crippen LogP contribution in [0.15, 0.2) is 22.6 Å². The fourth-order valence-electron chi connectivity index (χ4n) is 2.64. The zero-order valence-corrected chi connectivity index (χ0v) is 17.4. The topological polar surface area (TPSA) is 91.0 Å². The fourth-order valence-corrected chi connectivity index (χ4v) is 2.64. The monoisotopic (exact) mass is 391 g/mol. The van der Waals surface area contributed by atoms with Crippen LogP contribution in [0.2, 0.25) is 0 Å². The number of aromatic nitrogens is 1. The van der Waals surface area contributed by atoms with Gasteiger partial charge in [0, 0.05) is 24.5 Å². The predicted octanol–water partition coefficient (Wildman–Crippen LogP) is 3.90. The number of carbonyl (C=O) groups is 1. The van der Waals surface area contributed by atoms with Crippen molar-refractivity contribution in [3.05, 3.63) is 41.1 Å². The van der Waals surface area contributed by atoms with Gasteiger partial charge in [-0.15, -0.1) is 0 Å². The molecule has 0 saturated heterocycles. The van der Waals surface area contributed by atoms with E-state index < -0.39 is 12.1 Å². The standard InChI is InChI=1S/C21H29NO6/c1-7-26-18(19(23)24)10-14-8-9-15(11-17(14)25-6)27-12-16-13(2)28-20(22-16)21(3,4)5/h8-9,11,18H,7,10,12H2,1-6H3,(H,23,24). The lowest BCUT2D eigenvalue weighted by atomic mass is 9.97. The first kappa shape index (κ1) is 21.8. The van der Waals surface area contributed by atoms with Gasteiger partial charge in [0.1, 0.15) is 29.6 Å². The van der Waals surface area contributed by atoms with E-state index in [1.807, 2.05) is 27.7 Å². The molecular weight excluding hydrogens is 362 g/mol. The first-order chi connectivity index (χ1) is 13.2. The second-order valence-electron chi connectivity index (χ2n) is 7.52. The second-order valence-corrected chi connectivity index (χ2v) is 7.52. The molecule has 0 bridgehead atoms. The van der Waals surface area contributed by atoms with Crippen LogP contribution in [0.4, 0.5) is 0 Å². The summed E-state index contributed by atoms with van der Waals surface area (Å²) < 4.78 is 22.3. The summed E-state index contributed by atoms with van der Waals surface area (Å²) >= 11 is 0. The molecule has 0 spiro atoms. The largest absolute Gasteiger partial charge is 0.496 e. The average Bonchev–Trinajstić information content (AvgIpc) is 3.01. The quantitative estimate of drug-likeness (QED) is 0.693. The third-order valence-corrected chi connectivity index (χ3v) is 4.22. The fraction of sp³-hybridized carbons (Fsp3) is 0.524. The zero-order valence-electron chi connectivity index (χ0n) is 17.4. The SMILES string of the molecule is CCOC(Cc1ccc(OCc2nc(C(C)(C)C)oc2C)cc1OC)C(=O)O. The maximum atomic E-state index is 11.3. The lowest BCUT2D eigenvalue weighted by molar-refractivity contribution is -0.149. The number of aryl methyl sites for hydroxylation is 1. The van der Waals surface area contributed by atoms with Crippen LogP contribution >= 0.6 is 0 Å². The van der Waals surface area contributed by atoms with Gasteiger partial charge in [0.05, 0.1) is 7.11 Å². The summed E-state index contributed by atoms with van der Waals surface area (Å²) in [6.07, 6.45) is -0.705. The van der Waals surface area contributed by atoms with Gasteiger partial charge in [-0.3, -0.25) is 0 Å². The van der Waals surface area contributed by atoms with E-state index in [1.165, 1.54) is 7.11 Å². The molecule has 0 aliphatic carbocycles. The summed E-state index contributed by atoms with van der Waals surface area (Å²) in [7, 11) is 1.54. The van der Waals surface area contributed by atoms with Gasteiger partial charge in [-0.2, -0.15) is 0 Å². The minimum atomic E-state index is -1.000. The number of benzene rings is 1. The summed E-state index contributed by atoms with van der Waals surface area (Å²) in [6, 6.07) is 5.31. The van der Waals surface area contributed by atoms with Crippen LogP contribution in [0, 0.1) is 6.92 Å². The predicted molar refractivity (Wildman–Crippen MR) is 104 cm³/mol. The third-order valence-electron chi connectivity index (χ3n) is 4.22. The number of hydrogen-bond donors (Lipinski definition) is 1. The van der Waals surface area contributed by atoms with Gasteiger partial charge in [0.2, 0.25) is 0 Å². The Morgan fingerprint density at radius 3 is 2.57 bits per heavy atom. The van der Waals surface area contributed by atoms with Gasteiger partial charge in [-0.1, -0.05) is 26.8 Å². The molecule has 0 aliphatic heterocycles. The van der Waals surface area contributed by atoms with Gasteiger partial charge in [-0.05, 0) is 25.5 Å². The van der Waals surface area contributed by atoms with Crippen molar-refractivity contribution < 1.29 is 28.5 Å². The van der Waals surface area contributed by atoms with Crippen LogP contribution in [0.3, 0.4) is 0 Å². The molecule has 154 valence electrons. The Morgan fingerprint density at radius 1 is 1.32 bits per heavy atom. The molecule has 1 aromatic heterocycles. The third kappa shape index (κ3) is 5.48. The number of aliphatic carboxylic acids is 1. The number of carboxylic acid groups (broad SMARTS) is 1. The van der Waals surface area contributed by atoms with Crippen LogP contribution < -0.4 is 9.47 Å². The Labute approximate surface area is 165 Å². The number of carboxylic acids is 1. The van der Waals surface area contributed by atoms with E-state index in [2.05, 4.69) is 4.98 Å². The zero-order chi connectivity index (χ0) is 20.9. The smallest absolute Gasteiger partial charge is 0.333 e. The number of rotatable bonds is 9. The van der Waals surface area contributed by atoms with E-state index in [0.29, 0.717) is 24.0 Å². The number of nitrogens with zero attached hydrogens (tertiary/aromatic N) is 1. The average molecular weight is 391 g/mol. The highest BCUT2D eigenvalue weighted by atomic mass is 16.5. The Kier molecular flexibility index (Phi) is 7.07. The van der Waals surface area contributed by atoms with Crippen molar-refractivity contribution in [3.8, 4) is 11.5 Å². The minimum absolute atomic E-state index is 0.172. The summed E-state index contributed by atoms with van der Waals surface area (Å²) in [5, 5.41) is 9.27. The molecule has 7 heteroatoms. The van der Waals surface area contributed by atoms with E-state index in [-0.39, 0.29) is 18.4 Å². The van der Waals surface area contributed by atoms with Crippen molar-refractivity contribution in [3.63, 3.8) is 0 Å². The Morgan fingerprint density at radius 2 is 2.04 bits per heavy atom. The van der Waals surface area contributed by atoms with Crippen LogP contribution in [0.1, 0.15) is 50.6 Å². The number of oxazole rings is 1. The molecular formula is C21H29NO6. The van der Waals surface area contributed by atoms with E-state index in [4.69, 9.17) is 18.6 Å². The molecule has 0 fully saturated rings. The summed E-state index contributed by atoms with van der Waals surface area (Å²) in [5.41, 5.74) is 1.31. The molecule has 28 heavy (non-hydrogen) atoms. The summed E-state index contributed by atoms with van der Waals surface area (Å²) in [5.74, 6) is 1.56. The Bertz CT molecular complexity index is 806. The lowest BCUT2D eigenvalue weighted by Gasteiger charge is -2.16. The lowest BCUT2D eigenvalue weighted by Crippen LogP contribution is -2.26. The van der Waals surface area contributed by atoms with E-state index in [0.717, 1.165) is 17.0 Å². The summed E-state index contributed by atoms with van der Waals surface area (Å²) in [4.78, 5) is 15.8.